The number of likely N-dealkylation sites (N-methyl/N-ethyl adjacent to an activating group) is 1. The summed E-state index contributed by atoms with van der Waals surface area (Å²) in [6.07, 6.45) is 1.95. The fourth-order valence-corrected chi connectivity index (χ4v) is 1.25. The molecule has 0 aliphatic carbocycles. The lowest BCUT2D eigenvalue weighted by Gasteiger charge is -2.27. The van der Waals surface area contributed by atoms with E-state index in [2.05, 4.69) is 33.3 Å². The molecule has 0 aromatic carbocycles. The van der Waals surface area contributed by atoms with Crippen LogP contribution in [0, 0.1) is 0 Å². The molecule has 0 spiro atoms. The number of hydrogen-bond donors (Lipinski definition) is 1. The summed E-state index contributed by atoms with van der Waals surface area (Å²) in [7, 11) is 4.36. The van der Waals surface area contributed by atoms with Crippen LogP contribution in [0.1, 0.15) is 0 Å². The lowest BCUT2D eigenvalue weighted by atomic mass is 10.4. The first-order valence-electron chi connectivity index (χ1n) is 3.16. The molecule has 0 rings (SSSR count). The summed E-state index contributed by atoms with van der Waals surface area (Å²) in [4.78, 5) is 0. The van der Waals surface area contributed by atoms with Crippen molar-refractivity contribution >= 4 is 12.6 Å². The maximum Gasteiger partial charge on any atom is 0.0967 e. The van der Waals surface area contributed by atoms with Crippen LogP contribution in [-0.4, -0.2) is 37.4 Å². The van der Waals surface area contributed by atoms with Crippen molar-refractivity contribution in [3.8, 4) is 0 Å². The fourth-order valence-electron chi connectivity index (χ4n) is 0.711. The number of thiol groups is 1. The summed E-state index contributed by atoms with van der Waals surface area (Å²) in [5, 5.41) is 0. The molecule has 0 bridgehead atoms. The highest BCUT2D eigenvalue weighted by atomic mass is 32.1. The van der Waals surface area contributed by atoms with Crippen LogP contribution >= 0.6 is 12.6 Å². The van der Waals surface area contributed by atoms with E-state index in [9.17, 15) is 0 Å². The predicted octanol–water partition coefficient (Wildman–Crippen LogP) is 1.18. The molecule has 54 valence electrons. The SMILES string of the molecule is C=CC[N+](C)(C)CCS. The third-order valence-corrected chi connectivity index (χ3v) is 1.53. The average Bonchev–Trinajstić information content (AvgIpc) is 1.64. The Balaban J connectivity index is 3.55. The van der Waals surface area contributed by atoms with Crippen LogP contribution in [0.15, 0.2) is 12.7 Å². The second-order valence-corrected chi connectivity index (χ2v) is 3.30. The van der Waals surface area contributed by atoms with E-state index in [0.717, 1.165) is 23.3 Å². The molecule has 0 aromatic rings. The van der Waals surface area contributed by atoms with Gasteiger partial charge in [-0.25, -0.2) is 0 Å². The van der Waals surface area contributed by atoms with E-state index >= 15 is 0 Å². The normalized spacial score (nSPS) is 11.4. The molecule has 0 aliphatic rings. The van der Waals surface area contributed by atoms with Crippen LogP contribution in [0.25, 0.3) is 0 Å². The molecule has 0 unspecified atom stereocenters. The molecule has 0 aromatic heterocycles. The fraction of sp³-hybridized carbons (Fsp3) is 0.714. The second kappa shape index (κ2) is 3.96. The molecule has 0 atom stereocenters. The van der Waals surface area contributed by atoms with Gasteiger partial charge < -0.3 is 4.48 Å². The van der Waals surface area contributed by atoms with Crippen molar-refractivity contribution in [2.45, 2.75) is 0 Å². The minimum atomic E-state index is 0.945. The van der Waals surface area contributed by atoms with Crippen molar-refractivity contribution in [3.63, 3.8) is 0 Å². The van der Waals surface area contributed by atoms with Gasteiger partial charge >= 0.3 is 0 Å². The first kappa shape index (κ1) is 9.05. The molecule has 2 heteroatoms. The Morgan fingerprint density at radius 2 is 2.11 bits per heavy atom. The second-order valence-electron chi connectivity index (χ2n) is 2.85. The van der Waals surface area contributed by atoms with Gasteiger partial charge in [0.15, 0.2) is 0 Å². The molecule has 0 amide bonds. The van der Waals surface area contributed by atoms with E-state index in [1.54, 1.807) is 0 Å². The average molecular weight is 146 g/mol. The summed E-state index contributed by atoms with van der Waals surface area (Å²) >= 11 is 4.16. The van der Waals surface area contributed by atoms with Crippen LogP contribution in [0.4, 0.5) is 0 Å². The standard InChI is InChI=1S/C7H15NS/c1-4-5-8(2,3)6-7-9/h4H,1,5-7H2,2-3H3/p+1. The molecule has 9 heavy (non-hydrogen) atoms. The lowest BCUT2D eigenvalue weighted by Crippen LogP contribution is -2.41. The van der Waals surface area contributed by atoms with Gasteiger partial charge in [-0.1, -0.05) is 6.58 Å². The highest BCUT2D eigenvalue weighted by molar-refractivity contribution is 7.80. The molecule has 1 nitrogen and oxygen atoms in total. The third kappa shape index (κ3) is 4.55. The summed E-state index contributed by atoms with van der Waals surface area (Å²) in [5.74, 6) is 0.945. The Hall–Kier alpha value is 0.0500. The van der Waals surface area contributed by atoms with Gasteiger partial charge in [-0.05, 0) is 6.08 Å². The summed E-state index contributed by atoms with van der Waals surface area (Å²) < 4.78 is 0.993. The Bertz CT molecular complexity index is 88.9. The zero-order valence-corrected chi connectivity index (χ0v) is 7.19. The van der Waals surface area contributed by atoms with Crippen LogP contribution in [0.2, 0.25) is 0 Å². The predicted molar refractivity (Wildman–Crippen MR) is 45.9 cm³/mol. The Kier molecular flexibility index (Phi) is 3.98. The van der Waals surface area contributed by atoms with Crippen molar-refractivity contribution < 1.29 is 4.48 Å². The molecule has 0 fully saturated rings. The van der Waals surface area contributed by atoms with Crippen LogP contribution in [-0.2, 0) is 0 Å². The van der Waals surface area contributed by atoms with Gasteiger partial charge in [-0.2, -0.15) is 12.6 Å². The molecule has 0 saturated carbocycles. The van der Waals surface area contributed by atoms with E-state index in [1.165, 1.54) is 0 Å². The van der Waals surface area contributed by atoms with Crippen molar-refractivity contribution in [3.05, 3.63) is 12.7 Å². The van der Waals surface area contributed by atoms with Crippen molar-refractivity contribution in [1.29, 1.82) is 0 Å². The molecule has 0 N–H and O–H groups in total. The number of rotatable bonds is 4. The van der Waals surface area contributed by atoms with Crippen molar-refractivity contribution in [2.24, 2.45) is 0 Å². The largest absolute Gasteiger partial charge is 0.325 e. The zero-order chi connectivity index (χ0) is 7.33. The maximum atomic E-state index is 4.16. The first-order chi connectivity index (χ1) is 4.12. The third-order valence-electron chi connectivity index (χ3n) is 1.33. The first-order valence-corrected chi connectivity index (χ1v) is 3.79. The molecule has 0 saturated heterocycles. The van der Waals surface area contributed by atoms with Crippen LogP contribution in [0.5, 0.6) is 0 Å². The van der Waals surface area contributed by atoms with E-state index < -0.39 is 0 Å². The van der Waals surface area contributed by atoms with Gasteiger partial charge in [-0.3, -0.25) is 0 Å². The minimum Gasteiger partial charge on any atom is -0.325 e. The van der Waals surface area contributed by atoms with Gasteiger partial charge in [0.05, 0.1) is 27.2 Å². The maximum absolute atomic E-state index is 4.16. The van der Waals surface area contributed by atoms with E-state index in [-0.39, 0.29) is 0 Å². The molecule has 0 heterocycles. The topological polar surface area (TPSA) is 0 Å². The Morgan fingerprint density at radius 1 is 1.56 bits per heavy atom. The number of quaternary nitrogens is 1. The highest BCUT2D eigenvalue weighted by Gasteiger charge is 2.09. The minimum absolute atomic E-state index is 0.945. The number of nitrogens with zero attached hydrogens (tertiary/aromatic N) is 1. The van der Waals surface area contributed by atoms with Gasteiger partial charge in [0, 0.05) is 5.75 Å². The molecule has 0 radical (unpaired) electrons. The van der Waals surface area contributed by atoms with Gasteiger partial charge in [0.2, 0.25) is 0 Å². The van der Waals surface area contributed by atoms with Crippen molar-refractivity contribution in [2.75, 3.05) is 32.9 Å². The van der Waals surface area contributed by atoms with Gasteiger partial charge in [-0.15, -0.1) is 0 Å². The summed E-state index contributed by atoms with van der Waals surface area (Å²) in [6.45, 7) is 5.82. The monoisotopic (exact) mass is 146 g/mol. The Morgan fingerprint density at radius 3 is 2.44 bits per heavy atom. The summed E-state index contributed by atoms with van der Waals surface area (Å²) in [5.41, 5.74) is 0. The van der Waals surface area contributed by atoms with E-state index in [1.807, 2.05) is 6.08 Å². The van der Waals surface area contributed by atoms with E-state index in [4.69, 9.17) is 0 Å². The van der Waals surface area contributed by atoms with Gasteiger partial charge in [0.1, 0.15) is 0 Å². The van der Waals surface area contributed by atoms with E-state index in [0.29, 0.717) is 0 Å². The zero-order valence-electron chi connectivity index (χ0n) is 6.30. The van der Waals surface area contributed by atoms with Crippen molar-refractivity contribution in [1.82, 2.24) is 0 Å². The highest BCUT2D eigenvalue weighted by Crippen LogP contribution is 1.96. The molecular weight excluding hydrogens is 130 g/mol. The summed E-state index contributed by atoms with van der Waals surface area (Å²) in [6, 6.07) is 0. The number of hydrogen-bond acceptors (Lipinski definition) is 1. The molecule has 0 aliphatic heterocycles. The lowest BCUT2D eigenvalue weighted by molar-refractivity contribution is -0.881. The molecular formula is C7H16NS+. The van der Waals surface area contributed by atoms with Crippen LogP contribution < -0.4 is 0 Å². The quantitative estimate of drug-likeness (QED) is 0.344. The Labute approximate surface area is 63.4 Å². The smallest absolute Gasteiger partial charge is 0.0967 e. The van der Waals surface area contributed by atoms with Gasteiger partial charge in [0.25, 0.3) is 0 Å². The van der Waals surface area contributed by atoms with Crippen LogP contribution in [0.3, 0.4) is 0 Å².